The number of carbonyl (C=O) groups is 2. The SMILES string of the molecule is COc1cc(C(=O)NCCCN(C)C)ccc1Nc1ncc2c(n1)N(C1CCCCC1)CCC(=O)N2C. The number of anilines is 4. The predicted octanol–water partition coefficient (Wildman–Crippen LogP) is 3.42. The van der Waals surface area contributed by atoms with Gasteiger partial charge in [-0.2, -0.15) is 4.98 Å². The molecule has 1 aliphatic heterocycles. The topological polar surface area (TPSA) is 103 Å². The number of rotatable bonds is 9. The molecule has 1 fully saturated rings. The van der Waals surface area contributed by atoms with E-state index in [4.69, 9.17) is 9.72 Å². The van der Waals surface area contributed by atoms with E-state index in [9.17, 15) is 9.59 Å². The van der Waals surface area contributed by atoms with Crippen LogP contribution in [0.15, 0.2) is 24.4 Å². The maximum Gasteiger partial charge on any atom is 0.251 e. The normalized spacial score (nSPS) is 16.4. The van der Waals surface area contributed by atoms with Crippen molar-refractivity contribution in [3.8, 4) is 5.75 Å². The fourth-order valence-electron chi connectivity index (χ4n) is 5.00. The van der Waals surface area contributed by atoms with Gasteiger partial charge in [-0.1, -0.05) is 19.3 Å². The Morgan fingerprint density at radius 1 is 1.22 bits per heavy atom. The van der Waals surface area contributed by atoms with E-state index >= 15 is 0 Å². The number of hydrogen-bond donors (Lipinski definition) is 2. The molecule has 10 nitrogen and oxygen atoms in total. The Labute approximate surface area is 219 Å². The molecule has 1 aliphatic carbocycles. The average molecular weight is 510 g/mol. The van der Waals surface area contributed by atoms with Crippen LogP contribution in [0, 0.1) is 0 Å². The second-order valence-electron chi connectivity index (χ2n) is 10.0. The highest BCUT2D eigenvalue weighted by Gasteiger charge is 2.31. The summed E-state index contributed by atoms with van der Waals surface area (Å²) in [5.74, 6) is 1.66. The summed E-state index contributed by atoms with van der Waals surface area (Å²) in [4.78, 5) is 40.7. The Hall–Kier alpha value is -3.40. The molecule has 2 aromatic rings. The molecule has 2 N–H and O–H groups in total. The van der Waals surface area contributed by atoms with E-state index in [0.29, 0.717) is 48.5 Å². The van der Waals surface area contributed by atoms with Crippen molar-refractivity contribution in [3.05, 3.63) is 30.0 Å². The number of carbonyl (C=O) groups excluding carboxylic acids is 2. The molecule has 0 spiro atoms. The highest BCUT2D eigenvalue weighted by Crippen LogP contribution is 2.36. The van der Waals surface area contributed by atoms with Crippen LogP contribution in [0.1, 0.15) is 55.3 Å². The Morgan fingerprint density at radius 3 is 2.73 bits per heavy atom. The molecule has 37 heavy (non-hydrogen) atoms. The number of amides is 2. The average Bonchev–Trinajstić information content (AvgIpc) is 3.03. The summed E-state index contributed by atoms with van der Waals surface area (Å²) in [6, 6.07) is 5.65. The van der Waals surface area contributed by atoms with E-state index in [1.807, 2.05) is 14.1 Å². The van der Waals surface area contributed by atoms with E-state index < -0.39 is 0 Å². The summed E-state index contributed by atoms with van der Waals surface area (Å²) in [6.45, 7) is 2.17. The van der Waals surface area contributed by atoms with Gasteiger partial charge in [0.15, 0.2) is 5.82 Å². The van der Waals surface area contributed by atoms with Crippen LogP contribution in [-0.4, -0.2) is 80.6 Å². The second-order valence-corrected chi connectivity index (χ2v) is 10.0. The lowest BCUT2D eigenvalue weighted by atomic mass is 9.94. The molecular formula is C27H39N7O3. The van der Waals surface area contributed by atoms with Crippen molar-refractivity contribution in [2.24, 2.45) is 0 Å². The summed E-state index contributed by atoms with van der Waals surface area (Å²) in [5, 5.41) is 6.21. The zero-order valence-electron chi connectivity index (χ0n) is 22.4. The van der Waals surface area contributed by atoms with Crippen molar-refractivity contribution in [1.82, 2.24) is 20.2 Å². The van der Waals surface area contributed by atoms with Gasteiger partial charge in [-0.05, 0) is 58.1 Å². The van der Waals surface area contributed by atoms with Crippen LogP contribution < -0.4 is 25.2 Å². The van der Waals surface area contributed by atoms with Crippen molar-refractivity contribution >= 4 is 35.0 Å². The molecule has 0 unspecified atom stereocenters. The predicted molar refractivity (Wildman–Crippen MR) is 146 cm³/mol. The Balaban J connectivity index is 1.54. The van der Waals surface area contributed by atoms with Gasteiger partial charge in [-0.25, -0.2) is 4.98 Å². The highest BCUT2D eigenvalue weighted by molar-refractivity contribution is 5.97. The number of ether oxygens (including phenoxy) is 1. The quantitative estimate of drug-likeness (QED) is 0.496. The number of benzene rings is 1. The summed E-state index contributed by atoms with van der Waals surface area (Å²) in [6.07, 6.45) is 8.92. The molecule has 1 aromatic carbocycles. The number of aromatic nitrogens is 2. The minimum Gasteiger partial charge on any atom is -0.495 e. The van der Waals surface area contributed by atoms with Crippen molar-refractivity contribution in [1.29, 1.82) is 0 Å². The summed E-state index contributed by atoms with van der Waals surface area (Å²) < 4.78 is 5.58. The Morgan fingerprint density at radius 2 is 2.00 bits per heavy atom. The third-order valence-corrected chi connectivity index (χ3v) is 7.12. The zero-order valence-corrected chi connectivity index (χ0v) is 22.4. The van der Waals surface area contributed by atoms with Gasteiger partial charge < -0.3 is 30.1 Å². The van der Waals surface area contributed by atoms with Crippen molar-refractivity contribution < 1.29 is 14.3 Å². The fraction of sp³-hybridized carbons (Fsp3) is 0.556. The summed E-state index contributed by atoms with van der Waals surface area (Å²) in [5.41, 5.74) is 1.92. The third kappa shape index (κ3) is 6.49. The Bertz CT molecular complexity index is 1100. The molecule has 0 bridgehead atoms. The van der Waals surface area contributed by atoms with Crippen molar-refractivity contribution in [2.75, 3.05) is 63.0 Å². The van der Waals surface area contributed by atoms with Crippen LogP contribution in [0.2, 0.25) is 0 Å². The van der Waals surface area contributed by atoms with E-state index in [0.717, 1.165) is 37.3 Å². The van der Waals surface area contributed by atoms with Crippen molar-refractivity contribution in [3.63, 3.8) is 0 Å². The zero-order chi connectivity index (χ0) is 26.4. The van der Waals surface area contributed by atoms with Crippen LogP contribution >= 0.6 is 0 Å². The molecule has 0 saturated heterocycles. The number of nitrogens with zero attached hydrogens (tertiary/aromatic N) is 5. The first-order valence-electron chi connectivity index (χ1n) is 13.2. The summed E-state index contributed by atoms with van der Waals surface area (Å²) in [7, 11) is 7.38. The van der Waals surface area contributed by atoms with Gasteiger partial charge in [0, 0.05) is 38.2 Å². The van der Waals surface area contributed by atoms with Gasteiger partial charge >= 0.3 is 0 Å². The number of hydrogen-bond acceptors (Lipinski definition) is 8. The molecule has 0 radical (unpaired) electrons. The monoisotopic (exact) mass is 509 g/mol. The lowest BCUT2D eigenvalue weighted by Gasteiger charge is -2.35. The molecule has 2 aliphatic rings. The van der Waals surface area contributed by atoms with Crippen molar-refractivity contribution in [2.45, 2.75) is 51.0 Å². The van der Waals surface area contributed by atoms with Gasteiger partial charge in [0.25, 0.3) is 5.91 Å². The van der Waals surface area contributed by atoms with E-state index in [1.54, 1.807) is 43.5 Å². The second kappa shape index (κ2) is 12.2. The minimum atomic E-state index is -0.138. The van der Waals surface area contributed by atoms with Gasteiger partial charge in [0.05, 0.1) is 19.0 Å². The van der Waals surface area contributed by atoms with Gasteiger partial charge in [-0.15, -0.1) is 0 Å². The maximum absolute atomic E-state index is 12.6. The molecule has 1 saturated carbocycles. The number of methoxy groups -OCH3 is 1. The largest absolute Gasteiger partial charge is 0.495 e. The van der Waals surface area contributed by atoms with Gasteiger partial charge in [0.1, 0.15) is 11.4 Å². The number of nitrogens with one attached hydrogen (secondary N) is 2. The van der Waals surface area contributed by atoms with E-state index in [-0.39, 0.29) is 11.8 Å². The van der Waals surface area contributed by atoms with Crippen LogP contribution in [-0.2, 0) is 4.79 Å². The van der Waals surface area contributed by atoms with Crippen LogP contribution in [0.4, 0.5) is 23.1 Å². The number of fused-ring (bicyclic) bond motifs is 1. The van der Waals surface area contributed by atoms with Gasteiger partial charge in [0.2, 0.25) is 11.9 Å². The highest BCUT2D eigenvalue weighted by atomic mass is 16.5. The fourth-order valence-corrected chi connectivity index (χ4v) is 5.00. The lowest BCUT2D eigenvalue weighted by molar-refractivity contribution is -0.118. The molecule has 4 rings (SSSR count). The molecule has 1 aromatic heterocycles. The van der Waals surface area contributed by atoms with Crippen LogP contribution in [0.5, 0.6) is 5.75 Å². The van der Waals surface area contributed by atoms with E-state index in [2.05, 4.69) is 25.4 Å². The smallest absolute Gasteiger partial charge is 0.251 e. The van der Waals surface area contributed by atoms with Crippen LogP contribution in [0.25, 0.3) is 0 Å². The molecule has 10 heteroatoms. The molecule has 2 amide bonds. The lowest BCUT2D eigenvalue weighted by Crippen LogP contribution is -2.38. The van der Waals surface area contributed by atoms with E-state index in [1.165, 1.54) is 19.3 Å². The first-order valence-corrected chi connectivity index (χ1v) is 13.2. The third-order valence-electron chi connectivity index (χ3n) is 7.12. The van der Waals surface area contributed by atoms with Gasteiger partial charge in [-0.3, -0.25) is 9.59 Å². The Kier molecular flexibility index (Phi) is 8.81. The maximum atomic E-state index is 12.6. The molecule has 200 valence electrons. The van der Waals surface area contributed by atoms with Crippen LogP contribution in [0.3, 0.4) is 0 Å². The molecular weight excluding hydrogens is 470 g/mol. The first-order chi connectivity index (χ1) is 17.9. The molecule has 0 atom stereocenters. The standard InChI is InChI=1S/C27H39N7O3/c1-32(2)15-8-14-28-26(36)19-11-12-21(23(17-19)37-4)30-27-29-18-22-25(31-27)34(16-13-24(35)33(22)3)20-9-6-5-7-10-20/h11-12,17-18,20H,5-10,13-16H2,1-4H3,(H,28,36)(H,29,30,31). The first kappa shape index (κ1) is 26.7. The molecule has 2 heterocycles. The summed E-state index contributed by atoms with van der Waals surface area (Å²) >= 11 is 0. The minimum absolute atomic E-state index is 0.0705.